The van der Waals surface area contributed by atoms with E-state index in [1.807, 2.05) is 25.1 Å². The van der Waals surface area contributed by atoms with Gasteiger partial charge in [-0.05, 0) is 24.1 Å². The zero-order chi connectivity index (χ0) is 14.0. The van der Waals surface area contributed by atoms with Crippen LogP contribution in [0.1, 0.15) is 17.2 Å². The number of methoxy groups -OCH3 is 1. The first-order valence-corrected chi connectivity index (χ1v) is 6.75. The topological polar surface area (TPSA) is 65.4 Å². The Hall–Kier alpha value is -1.40. The van der Waals surface area contributed by atoms with Crippen LogP contribution in [0.5, 0.6) is 0 Å². The number of ether oxygens (including phenoxy) is 1. The smallest absolute Gasteiger partial charge is 0.323 e. The van der Waals surface area contributed by atoms with Crippen LogP contribution < -0.4 is 5.32 Å². The Balaban J connectivity index is 2.33. The highest BCUT2D eigenvalue weighted by atomic mass is 79.9. The van der Waals surface area contributed by atoms with Gasteiger partial charge in [-0.1, -0.05) is 28.1 Å². The lowest BCUT2D eigenvalue weighted by molar-refractivity contribution is 0.150. The van der Waals surface area contributed by atoms with Crippen LogP contribution in [0.4, 0.5) is 4.79 Å². The van der Waals surface area contributed by atoms with Gasteiger partial charge < -0.3 is 9.64 Å². The molecule has 1 unspecified atom stereocenters. The number of hydrogen-bond donors (Lipinski definition) is 2. The van der Waals surface area contributed by atoms with Crippen molar-refractivity contribution in [3.05, 3.63) is 33.8 Å². The van der Waals surface area contributed by atoms with E-state index in [9.17, 15) is 4.79 Å². The van der Waals surface area contributed by atoms with Crippen LogP contribution in [0.25, 0.3) is 0 Å². The minimum atomic E-state index is -0.377. The first-order chi connectivity index (χ1) is 9.04. The highest BCUT2D eigenvalue weighted by Crippen LogP contribution is 2.31. The van der Waals surface area contributed by atoms with Crippen LogP contribution >= 0.6 is 15.9 Å². The fraction of sp³-hybridized carbons (Fsp3) is 0.385. The van der Waals surface area contributed by atoms with E-state index in [1.165, 1.54) is 0 Å². The van der Waals surface area contributed by atoms with Gasteiger partial charge in [0.1, 0.15) is 11.9 Å². The molecular formula is C13H16BrN3O2. The van der Waals surface area contributed by atoms with Crippen molar-refractivity contribution in [1.29, 1.82) is 5.41 Å². The maximum Gasteiger partial charge on any atom is 0.323 e. The SMILES string of the molecule is COCCN1C(=O)NC(=N)C1c1ccc(C)cc1Br. The van der Waals surface area contributed by atoms with Gasteiger partial charge in [-0.2, -0.15) is 0 Å². The molecule has 0 bridgehead atoms. The summed E-state index contributed by atoms with van der Waals surface area (Å²) in [6.07, 6.45) is 0. The van der Waals surface area contributed by atoms with Gasteiger partial charge in [0.2, 0.25) is 0 Å². The second-order valence-corrected chi connectivity index (χ2v) is 5.31. The summed E-state index contributed by atoms with van der Waals surface area (Å²) in [7, 11) is 1.59. The second kappa shape index (κ2) is 5.71. The molecule has 0 saturated carbocycles. The molecule has 2 amide bonds. The minimum absolute atomic E-state index is 0.200. The monoisotopic (exact) mass is 325 g/mol. The lowest BCUT2D eigenvalue weighted by Crippen LogP contribution is -2.32. The molecule has 0 aliphatic carbocycles. The largest absolute Gasteiger partial charge is 0.383 e. The Morgan fingerprint density at radius 1 is 1.53 bits per heavy atom. The number of carbonyl (C=O) groups is 1. The molecule has 1 atom stereocenters. The van der Waals surface area contributed by atoms with Gasteiger partial charge >= 0.3 is 6.03 Å². The molecule has 2 N–H and O–H groups in total. The fourth-order valence-corrected chi connectivity index (χ4v) is 2.84. The number of rotatable bonds is 4. The molecule has 5 nitrogen and oxygen atoms in total. The van der Waals surface area contributed by atoms with E-state index in [1.54, 1.807) is 12.0 Å². The first-order valence-electron chi connectivity index (χ1n) is 5.95. The van der Waals surface area contributed by atoms with Crippen molar-refractivity contribution in [2.75, 3.05) is 20.3 Å². The average molecular weight is 326 g/mol. The average Bonchev–Trinajstić information content (AvgIpc) is 2.62. The third kappa shape index (κ3) is 2.79. The highest BCUT2D eigenvalue weighted by Gasteiger charge is 2.37. The van der Waals surface area contributed by atoms with Gasteiger partial charge in [-0.3, -0.25) is 10.7 Å². The summed E-state index contributed by atoms with van der Waals surface area (Å²) < 4.78 is 5.92. The predicted octanol–water partition coefficient (Wildman–Crippen LogP) is 2.45. The zero-order valence-corrected chi connectivity index (χ0v) is 12.5. The lowest BCUT2D eigenvalue weighted by Gasteiger charge is -2.23. The van der Waals surface area contributed by atoms with Gasteiger partial charge in [-0.25, -0.2) is 4.79 Å². The molecule has 0 radical (unpaired) electrons. The summed E-state index contributed by atoms with van der Waals surface area (Å²) in [5, 5.41) is 10.5. The molecule has 1 aliphatic heterocycles. The van der Waals surface area contributed by atoms with Gasteiger partial charge in [0, 0.05) is 18.1 Å². The number of amides is 2. The molecule has 19 heavy (non-hydrogen) atoms. The Labute approximate surface area is 120 Å². The predicted molar refractivity (Wildman–Crippen MR) is 76.5 cm³/mol. The normalized spacial score (nSPS) is 18.9. The van der Waals surface area contributed by atoms with Crippen LogP contribution in [-0.4, -0.2) is 37.0 Å². The summed E-state index contributed by atoms with van der Waals surface area (Å²) >= 11 is 3.51. The Morgan fingerprint density at radius 2 is 2.26 bits per heavy atom. The number of nitrogens with one attached hydrogen (secondary N) is 2. The van der Waals surface area contributed by atoms with E-state index in [4.69, 9.17) is 10.1 Å². The highest BCUT2D eigenvalue weighted by molar-refractivity contribution is 9.10. The molecule has 0 spiro atoms. The van der Waals surface area contributed by atoms with Crippen molar-refractivity contribution in [3.63, 3.8) is 0 Å². The van der Waals surface area contributed by atoms with Crippen molar-refractivity contribution >= 4 is 27.8 Å². The zero-order valence-electron chi connectivity index (χ0n) is 10.9. The molecule has 6 heteroatoms. The summed E-state index contributed by atoms with van der Waals surface area (Å²) in [6.45, 7) is 2.90. The number of amidine groups is 1. The fourth-order valence-electron chi connectivity index (χ4n) is 2.13. The molecule has 1 aliphatic rings. The van der Waals surface area contributed by atoms with Crippen molar-refractivity contribution in [2.24, 2.45) is 0 Å². The molecule has 2 rings (SSSR count). The Morgan fingerprint density at radius 3 is 2.89 bits per heavy atom. The van der Waals surface area contributed by atoms with Gasteiger partial charge in [0.05, 0.1) is 6.61 Å². The van der Waals surface area contributed by atoms with Crippen molar-refractivity contribution < 1.29 is 9.53 Å². The number of aryl methyl sites for hydroxylation is 1. The summed E-state index contributed by atoms with van der Waals surface area (Å²) in [5.74, 6) is 0.200. The number of carbonyl (C=O) groups excluding carboxylic acids is 1. The number of benzene rings is 1. The lowest BCUT2D eigenvalue weighted by atomic mass is 10.0. The van der Waals surface area contributed by atoms with Crippen molar-refractivity contribution in [2.45, 2.75) is 13.0 Å². The maximum atomic E-state index is 11.9. The van der Waals surface area contributed by atoms with E-state index in [0.29, 0.717) is 13.2 Å². The molecule has 1 fully saturated rings. The second-order valence-electron chi connectivity index (χ2n) is 4.46. The van der Waals surface area contributed by atoms with E-state index >= 15 is 0 Å². The third-order valence-electron chi connectivity index (χ3n) is 3.07. The number of halogens is 1. The molecule has 1 aromatic carbocycles. The molecule has 1 aromatic rings. The van der Waals surface area contributed by atoms with Crippen LogP contribution in [0, 0.1) is 12.3 Å². The van der Waals surface area contributed by atoms with Crippen LogP contribution in [-0.2, 0) is 4.74 Å². The third-order valence-corrected chi connectivity index (χ3v) is 3.76. The van der Waals surface area contributed by atoms with Crippen LogP contribution in [0.3, 0.4) is 0 Å². The van der Waals surface area contributed by atoms with Gasteiger partial charge in [0.25, 0.3) is 0 Å². The summed E-state index contributed by atoms with van der Waals surface area (Å²) in [6, 6.07) is 5.28. The summed E-state index contributed by atoms with van der Waals surface area (Å²) in [5.41, 5.74) is 2.04. The Kier molecular flexibility index (Phi) is 4.21. The van der Waals surface area contributed by atoms with E-state index < -0.39 is 0 Å². The molecule has 1 saturated heterocycles. The quantitative estimate of drug-likeness (QED) is 0.893. The van der Waals surface area contributed by atoms with Crippen molar-refractivity contribution in [1.82, 2.24) is 10.2 Å². The van der Waals surface area contributed by atoms with E-state index in [0.717, 1.165) is 15.6 Å². The number of nitrogens with zero attached hydrogens (tertiary/aromatic N) is 1. The first kappa shape index (κ1) is 14.0. The van der Waals surface area contributed by atoms with Gasteiger partial charge in [0.15, 0.2) is 0 Å². The van der Waals surface area contributed by atoms with E-state index in [-0.39, 0.29) is 17.9 Å². The van der Waals surface area contributed by atoms with Gasteiger partial charge in [-0.15, -0.1) is 0 Å². The van der Waals surface area contributed by atoms with E-state index in [2.05, 4.69) is 21.2 Å². The van der Waals surface area contributed by atoms with Crippen molar-refractivity contribution in [3.8, 4) is 0 Å². The molecule has 102 valence electrons. The minimum Gasteiger partial charge on any atom is -0.383 e. The summed E-state index contributed by atoms with van der Waals surface area (Å²) in [4.78, 5) is 13.5. The molecule has 1 heterocycles. The number of hydrogen-bond acceptors (Lipinski definition) is 3. The Bertz CT molecular complexity index is 519. The van der Waals surface area contributed by atoms with Crippen LogP contribution in [0.2, 0.25) is 0 Å². The maximum absolute atomic E-state index is 11.9. The molecular weight excluding hydrogens is 310 g/mol. The van der Waals surface area contributed by atoms with Crippen LogP contribution in [0.15, 0.2) is 22.7 Å². The number of urea groups is 1. The standard InChI is InChI=1S/C13H16BrN3O2/c1-8-3-4-9(10(14)7-8)11-12(15)16-13(18)17(11)5-6-19-2/h3-4,7,11H,5-6H2,1-2H3,(H2,15,16,18). The molecule has 0 aromatic heterocycles.